The molecule has 0 unspecified atom stereocenters. The van der Waals surface area contributed by atoms with Crippen molar-refractivity contribution in [2.24, 2.45) is 0 Å². The highest BCUT2D eigenvalue weighted by molar-refractivity contribution is 6.44. The number of benzene rings is 2. The third kappa shape index (κ3) is 3.94. The summed E-state index contributed by atoms with van der Waals surface area (Å²) in [6.45, 7) is 0. The highest BCUT2D eigenvalue weighted by Gasteiger charge is 2.11. The van der Waals surface area contributed by atoms with Gasteiger partial charge in [-0.05, 0) is 30.3 Å². The predicted octanol–water partition coefficient (Wildman–Crippen LogP) is 5.30. The number of carbonyl (C=O) groups excluding carboxylic acids is 1. The summed E-state index contributed by atoms with van der Waals surface area (Å²) in [4.78, 5) is 12.0. The summed E-state index contributed by atoms with van der Waals surface area (Å²) in [5.74, 6) is 0.492. The van der Waals surface area contributed by atoms with E-state index in [0.29, 0.717) is 27.2 Å². The van der Waals surface area contributed by atoms with Gasteiger partial charge in [-0.15, -0.1) is 0 Å². The van der Waals surface area contributed by atoms with Crippen LogP contribution >= 0.6 is 34.8 Å². The molecule has 0 aliphatic rings. The van der Waals surface area contributed by atoms with Crippen LogP contribution in [0.5, 0.6) is 5.75 Å². The van der Waals surface area contributed by atoms with Crippen LogP contribution in [0.4, 0.5) is 16.2 Å². The van der Waals surface area contributed by atoms with Gasteiger partial charge in [-0.3, -0.25) is 0 Å². The van der Waals surface area contributed by atoms with Crippen LogP contribution in [0.3, 0.4) is 0 Å². The second kappa shape index (κ2) is 6.89. The van der Waals surface area contributed by atoms with Gasteiger partial charge in [-0.25, -0.2) is 4.79 Å². The lowest BCUT2D eigenvalue weighted by molar-refractivity contribution is 0.262. The Morgan fingerprint density at radius 2 is 1.76 bits per heavy atom. The number of urea groups is 1. The maximum atomic E-state index is 12.0. The molecule has 7 heteroatoms. The van der Waals surface area contributed by atoms with E-state index in [2.05, 4.69) is 10.6 Å². The number of amides is 2. The van der Waals surface area contributed by atoms with E-state index in [-0.39, 0.29) is 5.02 Å². The van der Waals surface area contributed by atoms with Crippen LogP contribution in [0, 0.1) is 0 Å². The molecule has 2 amide bonds. The molecule has 2 aromatic rings. The lowest BCUT2D eigenvalue weighted by atomic mass is 10.3. The molecule has 0 bridgehead atoms. The average molecular weight is 346 g/mol. The Kier molecular flexibility index (Phi) is 5.17. The Balaban J connectivity index is 2.15. The predicted molar refractivity (Wildman–Crippen MR) is 87.1 cm³/mol. The fourth-order valence-corrected chi connectivity index (χ4v) is 2.17. The van der Waals surface area contributed by atoms with Crippen molar-refractivity contribution in [1.29, 1.82) is 0 Å². The van der Waals surface area contributed by atoms with Crippen molar-refractivity contribution in [2.75, 3.05) is 17.7 Å². The number of ether oxygens (including phenoxy) is 1. The van der Waals surface area contributed by atoms with Crippen LogP contribution in [0.25, 0.3) is 0 Å². The quantitative estimate of drug-likeness (QED) is 0.793. The van der Waals surface area contributed by atoms with Crippen LogP contribution in [0.1, 0.15) is 0 Å². The van der Waals surface area contributed by atoms with E-state index in [1.54, 1.807) is 36.4 Å². The normalized spacial score (nSPS) is 10.1. The minimum absolute atomic E-state index is 0.271. The molecule has 0 aliphatic carbocycles. The number of anilines is 2. The van der Waals surface area contributed by atoms with E-state index in [9.17, 15) is 4.79 Å². The van der Waals surface area contributed by atoms with Crippen molar-refractivity contribution in [3.63, 3.8) is 0 Å². The summed E-state index contributed by atoms with van der Waals surface area (Å²) in [6.07, 6.45) is 0. The zero-order valence-corrected chi connectivity index (χ0v) is 13.2. The summed E-state index contributed by atoms with van der Waals surface area (Å²) in [6, 6.07) is 9.38. The largest absolute Gasteiger partial charge is 0.495 e. The lowest BCUT2D eigenvalue weighted by Gasteiger charge is -2.12. The van der Waals surface area contributed by atoms with Gasteiger partial charge in [0.25, 0.3) is 0 Å². The Morgan fingerprint density at radius 3 is 2.48 bits per heavy atom. The van der Waals surface area contributed by atoms with Crippen molar-refractivity contribution >= 4 is 52.2 Å². The molecule has 2 N–H and O–H groups in total. The first-order chi connectivity index (χ1) is 10.0. The highest BCUT2D eigenvalue weighted by Crippen LogP contribution is 2.31. The fraction of sp³-hybridized carbons (Fsp3) is 0.0714. The monoisotopic (exact) mass is 344 g/mol. The van der Waals surface area contributed by atoms with Crippen molar-refractivity contribution in [1.82, 2.24) is 0 Å². The van der Waals surface area contributed by atoms with Gasteiger partial charge < -0.3 is 15.4 Å². The maximum absolute atomic E-state index is 12.0. The van der Waals surface area contributed by atoms with Crippen molar-refractivity contribution < 1.29 is 9.53 Å². The van der Waals surface area contributed by atoms with E-state index in [0.717, 1.165) is 0 Å². The van der Waals surface area contributed by atoms with Crippen molar-refractivity contribution in [2.45, 2.75) is 0 Å². The van der Waals surface area contributed by atoms with Gasteiger partial charge >= 0.3 is 6.03 Å². The summed E-state index contributed by atoms with van der Waals surface area (Å²) in [5, 5.41) is 6.35. The van der Waals surface area contributed by atoms with E-state index in [1.807, 2.05) is 0 Å². The van der Waals surface area contributed by atoms with Gasteiger partial charge in [0.1, 0.15) is 5.75 Å². The molecule has 4 nitrogen and oxygen atoms in total. The van der Waals surface area contributed by atoms with E-state index in [4.69, 9.17) is 39.5 Å². The summed E-state index contributed by atoms with van der Waals surface area (Å²) < 4.78 is 5.15. The first-order valence-electron chi connectivity index (χ1n) is 5.87. The second-order valence-electron chi connectivity index (χ2n) is 4.03. The van der Waals surface area contributed by atoms with Crippen LogP contribution < -0.4 is 15.4 Å². The Bertz CT molecular complexity index is 677. The minimum Gasteiger partial charge on any atom is -0.495 e. The summed E-state index contributed by atoms with van der Waals surface area (Å²) in [7, 11) is 1.50. The van der Waals surface area contributed by atoms with Crippen LogP contribution in [0.2, 0.25) is 15.1 Å². The minimum atomic E-state index is -0.486. The fourth-order valence-electron chi connectivity index (χ4n) is 1.65. The first-order valence-corrected chi connectivity index (χ1v) is 7.00. The van der Waals surface area contributed by atoms with Gasteiger partial charge in [-0.2, -0.15) is 0 Å². The van der Waals surface area contributed by atoms with Crippen LogP contribution in [-0.4, -0.2) is 13.1 Å². The number of rotatable bonds is 3. The molecule has 0 aromatic heterocycles. The molecular formula is C14H11Cl3N2O2. The molecule has 0 spiro atoms. The number of halogens is 3. The Morgan fingerprint density at radius 1 is 1.05 bits per heavy atom. The first kappa shape index (κ1) is 15.8. The summed E-state index contributed by atoms with van der Waals surface area (Å²) >= 11 is 17.8. The Hall–Kier alpha value is -1.62. The molecule has 0 saturated heterocycles. The maximum Gasteiger partial charge on any atom is 0.323 e. The van der Waals surface area contributed by atoms with Gasteiger partial charge in [0, 0.05) is 5.02 Å². The molecule has 0 fully saturated rings. The van der Waals surface area contributed by atoms with Gasteiger partial charge in [0.2, 0.25) is 0 Å². The van der Waals surface area contributed by atoms with E-state index < -0.39 is 6.03 Å². The molecule has 0 saturated carbocycles. The smallest absolute Gasteiger partial charge is 0.323 e. The molecule has 0 radical (unpaired) electrons. The van der Waals surface area contributed by atoms with Gasteiger partial charge in [0.15, 0.2) is 0 Å². The Labute approximate surface area is 137 Å². The van der Waals surface area contributed by atoms with Crippen LogP contribution in [-0.2, 0) is 0 Å². The molecule has 0 heterocycles. The lowest BCUT2D eigenvalue weighted by Crippen LogP contribution is -2.20. The third-order valence-corrected chi connectivity index (χ3v) is 3.66. The second-order valence-corrected chi connectivity index (χ2v) is 5.25. The van der Waals surface area contributed by atoms with E-state index in [1.165, 1.54) is 7.11 Å². The van der Waals surface area contributed by atoms with Gasteiger partial charge in [0.05, 0.1) is 28.5 Å². The molecule has 2 aromatic carbocycles. The molecular weight excluding hydrogens is 335 g/mol. The molecule has 0 atom stereocenters. The standard InChI is InChI=1S/C14H11Cl3N2O2/c1-21-12-6-5-8(15)7-11(12)19-14(20)18-10-4-2-3-9(16)13(10)17/h2-7H,1H3,(H2,18,19,20). The number of carbonyl (C=O) groups is 1. The average Bonchev–Trinajstić information content (AvgIpc) is 2.44. The number of nitrogens with one attached hydrogen (secondary N) is 2. The molecule has 0 aliphatic heterocycles. The van der Waals surface area contributed by atoms with Crippen molar-refractivity contribution in [3.05, 3.63) is 51.5 Å². The highest BCUT2D eigenvalue weighted by atomic mass is 35.5. The zero-order valence-electron chi connectivity index (χ0n) is 10.9. The number of methoxy groups -OCH3 is 1. The third-order valence-electron chi connectivity index (χ3n) is 2.61. The molecule has 21 heavy (non-hydrogen) atoms. The van der Waals surface area contributed by atoms with Gasteiger partial charge in [-0.1, -0.05) is 40.9 Å². The zero-order chi connectivity index (χ0) is 15.4. The van der Waals surface area contributed by atoms with E-state index >= 15 is 0 Å². The van der Waals surface area contributed by atoms with Crippen LogP contribution in [0.15, 0.2) is 36.4 Å². The molecule has 2 rings (SSSR count). The summed E-state index contributed by atoms with van der Waals surface area (Å²) in [5.41, 5.74) is 0.850. The van der Waals surface area contributed by atoms with Crippen molar-refractivity contribution in [3.8, 4) is 5.75 Å². The molecule has 110 valence electrons. The topological polar surface area (TPSA) is 50.4 Å². The SMILES string of the molecule is COc1ccc(Cl)cc1NC(=O)Nc1cccc(Cl)c1Cl. The number of hydrogen-bond donors (Lipinski definition) is 2. The number of hydrogen-bond acceptors (Lipinski definition) is 2.